The Hall–Kier alpha value is -2.52. The van der Waals surface area contributed by atoms with Crippen LogP contribution in [0.2, 0.25) is 0 Å². The quantitative estimate of drug-likeness (QED) is 0.710. The van der Waals surface area contributed by atoms with Crippen molar-refractivity contribution in [3.05, 3.63) is 44.6 Å². The molecule has 0 saturated carbocycles. The fraction of sp³-hybridized carbons (Fsp3) is 0.412. The van der Waals surface area contributed by atoms with Crippen LogP contribution in [0.25, 0.3) is 10.2 Å². The van der Waals surface area contributed by atoms with E-state index in [1.165, 1.54) is 17.7 Å². The molecule has 1 aliphatic heterocycles. The van der Waals surface area contributed by atoms with E-state index in [1.807, 2.05) is 10.7 Å². The third-order valence-electron chi connectivity index (χ3n) is 4.68. The molecule has 8 nitrogen and oxygen atoms in total. The lowest BCUT2D eigenvalue weighted by molar-refractivity contribution is 0.0750. The van der Waals surface area contributed by atoms with Crippen LogP contribution in [0, 0.1) is 6.92 Å². The Morgan fingerprint density at radius 3 is 2.96 bits per heavy atom. The SMILES string of the molecule is Cc1c(C(=O)N2CCCn3nc([C@H](C)O)cc3C2)sc2nc[nH]c(=O)c12. The fourth-order valence-electron chi connectivity index (χ4n) is 3.29. The largest absolute Gasteiger partial charge is 0.387 e. The van der Waals surface area contributed by atoms with Crippen molar-refractivity contribution in [1.29, 1.82) is 0 Å². The van der Waals surface area contributed by atoms with Gasteiger partial charge in [-0.05, 0) is 31.9 Å². The first kappa shape index (κ1) is 16.9. The van der Waals surface area contributed by atoms with E-state index in [0.717, 1.165) is 12.1 Å². The molecule has 1 atom stereocenters. The number of H-pyrrole nitrogens is 1. The molecule has 0 aromatic carbocycles. The topological polar surface area (TPSA) is 104 Å². The van der Waals surface area contributed by atoms with E-state index in [0.29, 0.717) is 46.0 Å². The molecule has 0 unspecified atom stereocenters. The predicted octanol–water partition coefficient (Wildman–Crippen LogP) is 1.59. The molecule has 9 heteroatoms. The maximum absolute atomic E-state index is 13.1. The average Bonchev–Trinajstić information content (AvgIpc) is 3.10. The lowest BCUT2D eigenvalue weighted by atomic mass is 10.2. The monoisotopic (exact) mass is 373 g/mol. The predicted molar refractivity (Wildman–Crippen MR) is 97.2 cm³/mol. The number of aliphatic hydroxyl groups excluding tert-OH is 1. The van der Waals surface area contributed by atoms with Gasteiger partial charge in [-0.2, -0.15) is 5.10 Å². The van der Waals surface area contributed by atoms with E-state index < -0.39 is 6.10 Å². The molecular formula is C17H19N5O3S. The highest BCUT2D eigenvalue weighted by molar-refractivity contribution is 7.20. The van der Waals surface area contributed by atoms with Crippen molar-refractivity contribution >= 4 is 27.5 Å². The molecular weight excluding hydrogens is 354 g/mol. The highest BCUT2D eigenvalue weighted by atomic mass is 32.1. The summed E-state index contributed by atoms with van der Waals surface area (Å²) in [7, 11) is 0. The van der Waals surface area contributed by atoms with E-state index in [1.54, 1.807) is 18.7 Å². The zero-order chi connectivity index (χ0) is 18.4. The Morgan fingerprint density at radius 1 is 1.42 bits per heavy atom. The molecule has 1 aliphatic rings. The number of amides is 1. The standard InChI is InChI=1S/C17H19N5O3S/c1-9-13-15(24)18-8-19-16(13)26-14(9)17(25)21-4-3-5-22-11(7-21)6-12(20-22)10(2)23/h6,8,10,23H,3-5,7H2,1-2H3,(H,18,19,24)/t10-/m0/s1. The Labute approximate surface area is 153 Å². The minimum atomic E-state index is -0.638. The lowest BCUT2D eigenvalue weighted by Crippen LogP contribution is -2.30. The lowest BCUT2D eigenvalue weighted by Gasteiger charge is -2.19. The Morgan fingerprint density at radius 2 is 2.23 bits per heavy atom. The first-order valence-electron chi connectivity index (χ1n) is 8.46. The molecule has 0 aliphatic carbocycles. The summed E-state index contributed by atoms with van der Waals surface area (Å²) in [5, 5.41) is 14.6. The van der Waals surface area contributed by atoms with Gasteiger partial charge in [-0.15, -0.1) is 11.3 Å². The average molecular weight is 373 g/mol. The minimum Gasteiger partial charge on any atom is -0.387 e. The van der Waals surface area contributed by atoms with Gasteiger partial charge in [0.15, 0.2) is 0 Å². The highest BCUT2D eigenvalue weighted by Crippen LogP contribution is 2.29. The summed E-state index contributed by atoms with van der Waals surface area (Å²) >= 11 is 1.25. The van der Waals surface area contributed by atoms with Crippen molar-refractivity contribution < 1.29 is 9.90 Å². The number of aliphatic hydroxyl groups is 1. The summed E-state index contributed by atoms with van der Waals surface area (Å²) in [5.41, 5.74) is 1.97. The van der Waals surface area contributed by atoms with Crippen molar-refractivity contribution in [3.63, 3.8) is 0 Å². The number of fused-ring (bicyclic) bond motifs is 2. The van der Waals surface area contributed by atoms with Crippen molar-refractivity contribution in [1.82, 2.24) is 24.6 Å². The van der Waals surface area contributed by atoms with Crippen LogP contribution < -0.4 is 5.56 Å². The van der Waals surface area contributed by atoms with Crippen LogP contribution in [0.15, 0.2) is 17.2 Å². The first-order chi connectivity index (χ1) is 12.5. The second-order valence-electron chi connectivity index (χ2n) is 6.51. The van der Waals surface area contributed by atoms with Crippen LogP contribution in [0.4, 0.5) is 0 Å². The maximum Gasteiger partial charge on any atom is 0.264 e. The van der Waals surface area contributed by atoms with Crippen LogP contribution in [0.3, 0.4) is 0 Å². The number of carbonyl (C=O) groups is 1. The van der Waals surface area contributed by atoms with Gasteiger partial charge in [-0.3, -0.25) is 14.3 Å². The minimum absolute atomic E-state index is 0.0989. The molecule has 3 aromatic heterocycles. The number of thiophene rings is 1. The van der Waals surface area contributed by atoms with Gasteiger partial charge in [0, 0.05) is 13.1 Å². The van der Waals surface area contributed by atoms with Crippen LogP contribution >= 0.6 is 11.3 Å². The van der Waals surface area contributed by atoms with Gasteiger partial charge in [-0.25, -0.2) is 4.98 Å². The van der Waals surface area contributed by atoms with E-state index in [9.17, 15) is 14.7 Å². The van der Waals surface area contributed by atoms with Gasteiger partial charge in [0.2, 0.25) is 0 Å². The molecule has 0 bridgehead atoms. The summed E-state index contributed by atoms with van der Waals surface area (Å²) in [4.78, 5) is 34.8. The van der Waals surface area contributed by atoms with E-state index >= 15 is 0 Å². The number of aryl methyl sites for hydroxylation is 2. The normalized spacial score (nSPS) is 15.7. The van der Waals surface area contributed by atoms with Gasteiger partial charge in [-0.1, -0.05) is 0 Å². The van der Waals surface area contributed by atoms with Crippen LogP contribution in [-0.4, -0.2) is 42.2 Å². The molecule has 0 saturated heterocycles. The van der Waals surface area contributed by atoms with Crippen LogP contribution in [-0.2, 0) is 13.1 Å². The van der Waals surface area contributed by atoms with E-state index in [2.05, 4.69) is 15.1 Å². The molecule has 26 heavy (non-hydrogen) atoms. The Kier molecular flexibility index (Phi) is 4.12. The van der Waals surface area contributed by atoms with Gasteiger partial charge >= 0.3 is 0 Å². The zero-order valence-corrected chi connectivity index (χ0v) is 15.3. The smallest absolute Gasteiger partial charge is 0.264 e. The Balaban J connectivity index is 1.69. The van der Waals surface area contributed by atoms with Gasteiger partial charge in [0.05, 0.1) is 40.6 Å². The molecule has 4 heterocycles. The molecule has 4 rings (SSSR count). The number of hydrogen-bond donors (Lipinski definition) is 2. The summed E-state index contributed by atoms with van der Waals surface area (Å²) in [6.07, 6.45) is 1.50. The third kappa shape index (κ3) is 2.73. The molecule has 1 amide bonds. The Bertz CT molecular complexity index is 1050. The van der Waals surface area contributed by atoms with Crippen molar-refractivity contribution in [2.24, 2.45) is 0 Å². The van der Waals surface area contributed by atoms with Crippen LogP contribution in [0.1, 0.15) is 46.1 Å². The zero-order valence-electron chi connectivity index (χ0n) is 14.5. The summed E-state index contributed by atoms with van der Waals surface area (Å²) < 4.78 is 1.86. The second kappa shape index (κ2) is 6.33. The molecule has 0 fully saturated rings. The van der Waals surface area contributed by atoms with Gasteiger partial charge in [0.1, 0.15) is 4.83 Å². The molecule has 3 aromatic rings. The van der Waals surface area contributed by atoms with Gasteiger partial charge < -0.3 is 15.0 Å². The molecule has 136 valence electrons. The summed E-state index contributed by atoms with van der Waals surface area (Å²) in [5.74, 6) is -0.0989. The maximum atomic E-state index is 13.1. The van der Waals surface area contributed by atoms with Crippen molar-refractivity contribution in [2.75, 3.05) is 6.54 Å². The highest BCUT2D eigenvalue weighted by Gasteiger charge is 2.26. The summed E-state index contributed by atoms with van der Waals surface area (Å²) in [6, 6.07) is 1.85. The van der Waals surface area contributed by atoms with Gasteiger partial charge in [0.25, 0.3) is 11.5 Å². The summed E-state index contributed by atoms with van der Waals surface area (Å²) in [6.45, 7) is 5.21. The van der Waals surface area contributed by atoms with Crippen LogP contribution in [0.5, 0.6) is 0 Å². The first-order valence-corrected chi connectivity index (χ1v) is 9.28. The number of nitrogens with one attached hydrogen (secondary N) is 1. The number of nitrogens with zero attached hydrogens (tertiary/aromatic N) is 4. The number of hydrogen-bond acceptors (Lipinski definition) is 6. The third-order valence-corrected chi connectivity index (χ3v) is 5.86. The molecule has 2 N–H and O–H groups in total. The number of rotatable bonds is 2. The number of carbonyl (C=O) groups excluding carboxylic acids is 1. The van der Waals surface area contributed by atoms with Crippen molar-refractivity contribution in [3.8, 4) is 0 Å². The fourth-order valence-corrected chi connectivity index (χ4v) is 4.41. The van der Waals surface area contributed by atoms with E-state index in [4.69, 9.17) is 0 Å². The number of aromatic amines is 1. The second-order valence-corrected chi connectivity index (χ2v) is 7.51. The molecule has 0 radical (unpaired) electrons. The number of aromatic nitrogens is 4. The van der Waals surface area contributed by atoms with E-state index in [-0.39, 0.29) is 11.5 Å². The molecule has 0 spiro atoms. The van der Waals surface area contributed by atoms with Crippen molar-refractivity contribution in [2.45, 2.75) is 39.5 Å².